The zero-order valence-electron chi connectivity index (χ0n) is 27.7. The molecule has 0 radical (unpaired) electrons. The zero-order chi connectivity index (χ0) is 33.5. The van der Waals surface area contributed by atoms with Crippen LogP contribution in [-0.2, 0) is 32.0 Å². The number of carbonyl (C=O) groups is 4. The Bertz CT molecular complexity index is 1580. The monoisotopic (exact) mass is 626 g/mol. The third-order valence-electron chi connectivity index (χ3n) is 7.96. The van der Waals surface area contributed by atoms with Gasteiger partial charge >= 0.3 is 6.09 Å². The van der Waals surface area contributed by atoms with Crippen molar-refractivity contribution in [1.29, 1.82) is 0 Å². The average Bonchev–Trinajstić information content (AvgIpc) is 2.99. The SMILES string of the molecule is CN(C(=O)C=CCC(C)(C)NC(=O)OC(C)(C)C)[C@H](Cc1ccc2ccccc2c1)C(=O)N1CCNC(=O)[C@H]1Cc1ccccc1. The summed E-state index contributed by atoms with van der Waals surface area (Å²) < 4.78 is 5.37. The minimum Gasteiger partial charge on any atom is -0.444 e. The van der Waals surface area contributed by atoms with E-state index < -0.39 is 29.3 Å². The molecule has 0 aromatic heterocycles. The van der Waals surface area contributed by atoms with Crippen LogP contribution in [0.4, 0.5) is 4.79 Å². The third-order valence-corrected chi connectivity index (χ3v) is 7.96. The molecule has 4 rings (SSSR count). The van der Waals surface area contributed by atoms with E-state index in [0.29, 0.717) is 25.9 Å². The van der Waals surface area contributed by atoms with Gasteiger partial charge < -0.3 is 25.2 Å². The fraction of sp³-hybridized carbons (Fsp3) is 0.405. The number of alkyl carbamates (subject to hydrolysis) is 1. The number of hydrogen-bond donors (Lipinski definition) is 2. The van der Waals surface area contributed by atoms with Gasteiger partial charge in [-0.05, 0) is 69.0 Å². The molecule has 9 nitrogen and oxygen atoms in total. The summed E-state index contributed by atoms with van der Waals surface area (Å²) >= 11 is 0. The first-order valence-electron chi connectivity index (χ1n) is 15.8. The van der Waals surface area contributed by atoms with Crippen molar-refractivity contribution in [3.05, 3.63) is 96.1 Å². The topological polar surface area (TPSA) is 108 Å². The average molecular weight is 627 g/mol. The standard InChI is InChI=1S/C37H46N4O5/c1-36(2,3)46-35(45)39-37(4,5)20-12-17-32(42)40(6)31(25-27-18-19-28-15-10-11-16-29(28)23-27)34(44)41-22-21-38-33(43)30(41)24-26-13-8-7-9-14-26/h7-19,23,30-31H,20-22,24-25H2,1-6H3,(H,38,43)(H,39,45)/t30-,31-/m1/s1. The van der Waals surface area contributed by atoms with E-state index >= 15 is 0 Å². The lowest BCUT2D eigenvalue weighted by atomic mass is 9.97. The molecule has 2 N–H and O–H groups in total. The Hall–Kier alpha value is -4.66. The maximum absolute atomic E-state index is 14.4. The smallest absolute Gasteiger partial charge is 0.408 e. The van der Waals surface area contributed by atoms with Crippen molar-refractivity contribution in [3.63, 3.8) is 0 Å². The van der Waals surface area contributed by atoms with Gasteiger partial charge in [-0.1, -0.05) is 78.9 Å². The number of fused-ring (bicyclic) bond motifs is 1. The Kier molecular flexibility index (Phi) is 10.9. The Balaban J connectivity index is 1.56. The number of hydrogen-bond acceptors (Lipinski definition) is 5. The lowest BCUT2D eigenvalue weighted by molar-refractivity contribution is -0.149. The van der Waals surface area contributed by atoms with E-state index in [2.05, 4.69) is 10.6 Å². The third kappa shape index (κ3) is 9.42. The summed E-state index contributed by atoms with van der Waals surface area (Å²) in [6.45, 7) is 9.76. The molecular formula is C37H46N4O5. The molecule has 1 fully saturated rings. The molecule has 2 atom stereocenters. The van der Waals surface area contributed by atoms with Crippen molar-refractivity contribution < 1.29 is 23.9 Å². The second-order valence-corrected chi connectivity index (χ2v) is 13.5. The predicted molar refractivity (Wildman–Crippen MR) is 180 cm³/mol. The van der Waals surface area contributed by atoms with Crippen LogP contribution in [0.2, 0.25) is 0 Å². The van der Waals surface area contributed by atoms with Gasteiger partial charge in [-0.2, -0.15) is 0 Å². The highest BCUT2D eigenvalue weighted by atomic mass is 16.6. The van der Waals surface area contributed by atoms with Gasteiger partial charge in [0, 0.05) is 38.5 Å². The minimum atomic E-state index is -0.851. The van der Waals surface area contributed by atoms with Gasteiger partial charge in [0.15, 0.2) is 0 Å². The molecule has 1 aliphatic heterocycles. The molecule has 46 heavy (non-hydrogen) atoms. The zero-order valence-corrected chi connectivity index (χ0v) is 27.7. The number of ether oxygens (including phenoxy) is 1. The summed E-state index contributed by atoms with van der Waals surface area (Å²) in [5.74, 6) is -0.838. The van der Waals surface area contributed by atoms with E-state index in [1.54, 1.807) is 38.8 Å². The van der Waals surface area contributed by atoms with Crippen LogP contribution >= 0.6 is 0 Å². The van der Waals surface area contributed by atoms with Crippen molar-refractivity contribution in [2.75, 3.05) is 20.1 Å². The highest BCUT2D eigenvalue weighted by Gasteiger charge is 2.38. The van der Waals surface area contributed by atoms with Gasteiger partial charge in [-0.3, -0.25) is 14.4 Å². The summed E-state index contributed by atoms with van der Waals surface area (Å²) in [4.78, 5) is 56.5. The van der Waals surface area contributed by atoms with E-state index in [1.165, 1.54) is 11.0 Å². The number of likely N-dealkylation sites (N-methyl/N-ethyl adjacent to an activating group) is 1. The number of rotatable bonds is 10. The normalized spacial score (nSPS) is 16.2. The molecule has 1 heterocycles. The van der Waals surface area contributed by atoms with Gasteiger partial charge in [0.05, 0.1) is 0 Å². The fourth-order valence-electron chi connectivity index (χ4n) is 5.55. The van der Waals surface area contributed by atoms with E-state index in [4.69, 9.17) is 4.74 Å². The first-order chi connectivity index (χ1) is 21.7. The summed E-state index contributed by atoms with van der Waals surface area (Å²) in [6.07, 6.45) is 3.61. The number of benzene rings is 3. The molecule has 3 aromatic rings. The molecule has 0 spiro atoms. The first kappa shape index (κ1) is 34.2. The first-order valence-corrected chi connectivity index (χ1v) is 15.8. The van der Waals surface area contributed by atoms with Crippen molar-refractivity contribution in [1.82, 2.24) is 20.4 Å². The van der Waals surface area contributed by atoms with E-state index in [0.717, 1.165) is 21.9 Å². The van der Waals surface area contributed by atoms with Crippen LogP contribution in [0.5, 0.6) is 0 Å². The molecule has 0 aliphatic carbocycles. The fourth-order valence-corrected chi connectivity index (χ4v) is 5.55. The molecule has 9 heteroatoms. The molecule has 3 aromatic carbocycles. The summed E-state index contributed by atoms with van der Waals surface area (Å²) in [6, 6.07) is 22.1. The molecule has 1 saturated heterocycles. The number of amides is 4. The van der Waals surface area contributed by atoms with Gasteiger partial charge in [-0.15, -0.1) is 0 Å². The molecule has 0 saturated carbocycles. The number of piperazine rings is 1. The van der Waals surface area contributed by atoms with Crippen LogP contribution in [0.3, 0.4) is 0 Å². The van der Waals surface area contributed by atoms with Crippen molar-refractivity contribution in [2.45, 2.75) is 77.1 Å². The lowest BCUT2D eigenvalue weighted by Crippen LogP contribution is -2.62. The van der Waals surface area contributed by atoms with Crippen LogP contribution in [0.1, 0.15) is 52.2 Å². The Labute approximate surface area is 272 Å². The molecule has 244 valence electrons. The van der Waals surface area contributed by atoms with Crippen LogP contribution in [0.15, 0.2) is 84.9 Å². The van der Waals surface area contributed by atoms with Crippen LogP contribution in [-0.4, -0.2) is 77.0 Å². The number of carbonyl (C=O) groups excluding carboxylic acids is 4. The summed E-state index contributed by atoms with van der Waals surface area (Å²) in [5.41, 5.74) is 0.549. The number of nitrogens with one attached hydrogen (secondary N) is 2. The van der Waals surface area contributed by atoms with Gasteiger partial charge in [0.25, 0.3) is 0 Å². The van der Waals surface area contributed by atoms with E-state index in [1.807, 2.05) is 86.6 Å². The quantitative estimate of drug-likeness (QED) is 0.307. The van der Waals surface area contributed by atoms with Gasteiger partial charge in [0.1, 0.15) is 17.7 Å². The maximum Gasteiger partial charge on any atom is 0.408 e. The molecule has 4 amide bonds. The molecule has 0 unspecified atom stereocenters. The largest absolute Gasteiger partial charge is 0.444 e. The van der Waals surface area contributed by atoms with Crippen molar-refractivity contribution in [3.8, 4) is 0 Å². The highest BCUT2D eigenvalue weighted by molar-refractivity contribution is 5.95. The predicted octanol–water partition coefficient (Wildman–Crippen LogP) is 5.03. The van der Waals surface area contributed by atoms with E-state index in [-0.39, 0.29) is 24.1 Å². The highest BCUT2D eigenvalue weighted by Crippen LogP contribution is 2.21. The Morgan fingerprint density at radius 2 is 1.65 bits per heavy atom. The van der Waals surface area contributed by atoms with E-state index in [9.17, 15) is 19.2 Å². The van der Waals surface area contributed by atoms with Crippen LogP contribution in [0, 0.1) is 0 Å². The second kappa shape index (κ2) is 14.6. The Morgan fingerprint density at radius 3 is 2.35 bits per heavy atom. The van der Waals surface area contributed by atoms with Gasteiger partial charge in [-0.25, -0.2) is 4.79 Å². The van der Waals surface area contributed by atoms with Gasteiger partial charge in [0.2, 0.25) is 17.7 Å². The van der Waals surface area contributed by atoms with Crippen LogP contribution in [0.25, 0.3) is 10.8 Å². The Morgan fingerprint density at radius 1 is 0.978 bits per heavy atom. The minimum absolute atomic E-state index is 0.207. The summed E-state index contributed by atoms with van der Waals surface area (Å²) in [5, 5.41) is 7.87. The number of nitrogens with zero attached hydrogens (tertiary/aromatic N) is 2. The molecule has 0 bridgehead atoms. The summed E-state index contributed by atoms with van der Waals surface area (Å²) in [7, 11) is 1.62. The van der Waals surface area contributed by atoms with Crippen molar-refractivity contribution in [2.24, 2.45) is 0 Å². The van der Waals surface area contributed by atoms with Crippen LogP contribution < -0.4 is 10.6 Å². The molecule has 1 aliphatic rings. The lowest BCUT2D eigenvalue weighted by Gasteiger charge is -2.39. The molecular weight excluding hydrogens is 580 g/mol. The second-order valence-electron chi connectivity index (χ2n) is 13.5. The van der Waals surface area contributed by atoms with Crippen molar-refractivity contribution >= 4 is 34.6 Å². The maximum atomic E-state index is 14.4.